The van der Waals surface area contributed by atoms with E-state index in [0.717, 1.165) is 37.4 Å². The van der Waals surface area contributed by atoms with Crippen LogP contribution in [0.25, 0.3) is 0 Å². The number of benzene rings is 1. The molecule has 86 valence electrons. The zero-order valence-electron chi connectivity index (χ0n) is 9.49. The molecule has 3 N–H and O–H groups in total. The van der Waals surface area contributed by atoms with Crippen LogP contribution in [-0.2, 0) is 0 Å². The fourth-order valence-corrected chi connectivity index (χ4v) is 2.14. The molecular weight excluding hydrogens is 202 g/mol. The number of piperazine rings is 1. The van der Waals surface area contributed by atoms with Crippen molar-refractivity contribution in [1.29, 1.82) is 0 Å². The molecule has 0 radical (unpaired) electrons. The molecule has 0 unspecified atom stereocenters. The van der Waals surface area contributed by atoms with Crippen molar-refractivity contribution in [1.82, 2.24) is 5.32 Å². The van der Waals surface area contributed by atoms with Gasteiger partial charge in [-0.1, -0.05) is 6.07 Å². The van der Waals surface area contributed by atoms with Crippen molar-refractivity contribution in [3.63, 3.8) is 0 Å². The molecule has 0 spiro atoms. The lowest BCUT2D eigenvalue weighted by molar-refractivity contribution is 0.1000. The van der Waals surface area contributed by atoms with Gasteiger partial charge >= 0.3 is 0 Å². The van der Waals surface area contributed by atoms with Crippen LogP contribution < -0.4 is 16.0 Å². The molecule has 0 bridgehead atoms. The molecule has 1 saturated heterocycles. The van der Waals surface area contributed by atoms with Crippen LogP contribution in [0.1, 0.15) is 15.9 Å². The Labute approximate surface area is 95.4 Å². The van der Waals surface area contributed by atoms with E-state index in [1.807, 2.05) is 19.1 Å². The van der Waals surface area contributed by atoms with Gasteiger partial charge in [0.05, 0.1) is 0 Å². The Kier molecular flexibility index (Phi) is 3.10. The molecule has 0 aromatic heterocycles. The predicted molar refractivity (Wildman–Crippen MR) is 64.8 cm³/mol. The molecule has 1 heterocycles. The molecule has 0 atom stereocenters. The summed E-state index contributed by atoms with van der Waals surface area (Å²) in [7, 11) is 0. The van der Waals surface area contributed by atoms with Gasteiger partial charge in [-0.3, -0.25) is 4.79 Å². The first-order valence-corrected chi connectivity index (χ1v) is 5.55. The first-order valence-electron chi connectivity index (χ1n) is 5.55. The third kappa shape index (κ3) is 2.02. The largest absolute Gasteiger partial charge is 0.369 e. The van der Waals surface area contributed by atoms with E-state index in [-0.39, 0.29) is 5.91 Å². The Balaban J connectivity index is 2.33. The Hall–Kier alpha value is -1.55. The number of primary amides is 1. The lowest BCUT2D eigenvalue weighted by Crippen LogP contribution is -2.43. The smallest absolute Gasteiger partial charge is 0.249 e. The maximum atomic E-state index is 11.2. The van der Waals surface area contributed by atoms with Crippen LogP contribution >= 0.6 is 0 Å². The number of hydrogen-bond donors (Lipinski definition) is 2. The highest BCUT2D eigenvalue weighted by atomic mass is 16.1. The van der Waals surface area contributed by atoms with Gasteiger partial charge in [0.2, 0.25) is 5.91 Å². The van der Waals surface area contributed by atoms with Crippen LogP contribution in [0.15, 0.2) is 18.2 Å². The molecule has 1 aromatic carbocycles. The van der Waals surface area contributed by atoms with E-state index in [4.69, 9.17) is 5.73 Å². The predicted octanol–water partition coefficient (Wildman–Crippen LogP) is 0.504. The van der Waals surface area contributed by atoms with Gasteiger partial charge in [-0.2, -0.15) is 0 Å². The quantitative estimate of drug-likeness (QED) is 0.761. The van der Waals surface area contributed by atoms with Crippen molar-refractivity contribution in [3.05, 3.63) is 29.3 Å². The lowest BCUT2D eigenvalue weighted by Gasteiger charge is -2.31. The van der Waals surface area contributed by atoms with Crippen molar-refractivity contribution < 1.29 is 4.79 Å². The second-order valence-corrected chi connectivity index (χ2v) is 4.05. The van der Waals surface area contributed by atoms with E-state index in [2.05, 4.69) is 10.2 Å². The zero-order valence-corrected chi connectivity index (χ0v) is 9.49. The number of hydrogen-bond acceptors (Lipinski definition) is 3. The SMILES string of the molecule is Cc1c(C(N)=O)cccc1N1CCNCC1. The maximum Gasteiger partial charge on any atom is 0.249 e. The molecule has 1 aliphatic rings. The molecule has 0 aliphatic carbocycles. The summed E-state index contributed by atoms with van der Waals surface area (Å²) in [5.41, 5.74) is 8.07. The van der Waals surface area contributed by atoms with Crippen LogP contribution in [-0.4, -0.2) is 32.1 Å². The second-order valence-electron chi connectivity index (χ2n) is 4.05. The average Bonchev–Trinajstić information content (AvgIpc) is 2.30. The van der Waals surface area contributed by atoms with Crippen LogP contribution in [0.2, 0.25) is 0 Å². The van der Waals surface area contributed by atoms with E-state index in [0.29, 0.717) is 5.56 Å². The summed E-state index contributed by atoms with van der Waals surface area (Å²) in [5.74, 6) is -0.352. The summed E-state index contributed by atoms with van der Waals surface area (Å²) in [4.78, 5) is 13.5. The monoisotopic (exact) mass is 219 g/mol. The highest BCUT2D eigenvalue weighted by Gasteiger charge is 2.15. The minimum absolute atomic E-state index is 0.352. The number of amides is 1. The van der Waals surface area contributed by atoms with Gasteiger partial charge in [0, 0.05) is 37.4 Å². The molecule has 1 fully saturated rings. The van der Waals surface area contributed by atoms with Gasteiger partial charge in [-0.25, -0.2) is 0 Å². The van der Waals surface area contributed by atoms with Gasteiger partial charge in [0.15, 0.2) is 0 Å². The summed E-state index contributed by atoms with van der Waals surface area (Å²) in [6.07, 6.45) is 0. The van der Waals surface area contributed by atoms with Gasteiger partial charge < -0.3 is 16.0 Å². The number of nitrogens with one attached hydrogen (secondary N) is 1. The molecule has 4 heteroatoms. The highest BCUT2D eigenvalue weighted by molar-refractivity contribution is 5.95. The molecule has 16 heavy (non-hydrogen) atoms. The van der Waals surface area contributed by atoms with Crippen molar-refractivity contribution >= 4 is 11.6 Å². The van der Waals surface area contributed by atoms with Crippen molar-refractivity contribution in [2.45, 2.75) is 6.92 Å². The Morgan fingerprint density at radius 3 is 2.69 bits per heavy atom. The Bertz CT molecular complexity index is 397. The first kappa shape index (κ1) is 11.0. The summed E-state index contributed by atoms with van der Waals surface area (Å²) in [5, 5.41) is 3.31. The fraction of sp³-hybridized carbons (Fsp3) is 0.417. The molecular formula is C12H17N3O. The molecule has 1 aliphatic heterocycles. The van der Waals surface area contributed by atoms with Crippen molar-refractivity contribution in [3.8, 4) is 0 Å². The molecule has 2 rings (SSSR count). The van der Waals surface area contributed by atoms with Gasteiger partial charge in [0.25, 0.3) is 0 Å². The van der Waals surface area contributed by atoms with Crippen molar-refractivity contribution in [2.24, 2.45) is 5.73 Å². The minimum Gasteiger partial charge on any atom is -0.369 e. The fourth-order valence-electron chi connectivity index (χ4n) is 2.14. The summed E-state index contributed by atoms with van der Waals surface area (Å²) >= 11 is 0. The standard InChI is InChI=1S/C12H17N3O/c1-9-10(12(13)16)3-2-4-11(9)15-7-5-14-6-8-15/h2-4,14H,5-8H2,1H3,(H2,13,16). The summed E-state index contributed by atoms with van der Waals surface area (Å²) in [6, 6.07) is 5.72. The van der Waals surface area contributed by atoms with Gasteiger partial charge in [0.1, 0.15) is 0 Å². The van der Waals surface area contributed by atoms with Crippen LogP contribution in [0.5, 0.6) is 0 Å². The Morgan fingerprint density at radius 1 is 1.38 bits per heavy atom. The second kappa shape index (κ2) is 4.53. The number of anilines is 1. The third-order valence-corrected chi connectivity index (χ3v) is 3.03. The number of nitrogens with two attached hydrogens (primary N) is 1. The molecule has 0 saturated carbocycles. The van der Waals surface area contributed by atoms with Crippen LogP contribution in [0, 0.1) is 6.92 Å². The van der Waals surface area contributed by atoms with Gasteiger partial charge in [-0.05, 0) is 24.6 Å². The summed E-state index contributed by atoms with van der Waals surface area (Å²) < 4.78 is 0. The lowest BCUT2D eigenvalue weighted by atomic mass is 10.0. The molecule has 1 amide bonds. The van der Waals surface area contributed by atoms with Crippen molar-refractivity contribution in [2.75, 3.05) is 31.1 Å². The first-order chi connectivity index (χ1) is 7.70. The average molecular weight is 219 g/mol. The zero-order chi connectivity index (χ0) is 11.5. The van der Waals surface area contributed by atoms with Crippen LogP contribution in [0.4, 0.5) is 5.69 Å². The van der Waals surface area contributed by atoms with E-state index in [1.54, 1.807) is 6.07 Å². The number of carbonyl (C=O) groups is 1. The van der Waals surface area contributed by atoms with E-state index in [1.165, 1.54) is 0 Å². The third-order valence-electron chi connectivity index (χ3n) is 3.03. The minimum atomic E-state index is -0.352. The van der Waals surface area contributed by atoms with E-state index >= 15 is 0 Å². The molecule has 1 aromatic rings. The van der Waals surface area contributed by atoms with Gasteiger partial charge in [-0.15, -0.1) is 0 Å². The number of nitrogens with zero attached hydrogens (tertiary/aromatic N) is 1. The number of rotatable bonds is 2. The van der Waals surface area contributed by atoms with Crippen LogP contribution in [0.3, 0.4) is 0 Å². The Morgan fingerprint density at radius 2 is 2.06 bits per heavy atom. The van der Waals surface area contributed by atoms with E-state index < -0.39 is 0 Å². The maximum absolute atomic E-state index is 11.2. The normalized spacial score (nSPS) is 16.2. The summed E-state index contributed by atoms with van der Waals surface area (Å²) in [6.45, 7) is 5.88. The topological polar surface area (TPSA) is 58.4 Å². The highest BCUT2D eigenvalue weighted by Crippen LogP contribution is 2.23. The van der Waals surface area contributed by atoms with E-state index in [9.17, 15) is 4.79 Å². The number of carbonyl (C=O) groups excluding carboxylic acids is 1. The molecule has 4 nitrogen and oxygen atoms in total.